The Kier molecular flexibility index (Phi) is 3.28. The Hall–Kier alpha value is -0.290. The molecule has 0 bridgehead atoms. The van der Waals surface area contributed by atoms with E-state index in [1.54, 1.807) is 0 Å². The fourth-order valence-corrected chi connectivity index (χ4v) is 2.48. The van der Waals surface area contributed by atoms with Crippen LogP contribution in [0.15, 0.2) is 18.2 Å². The number of hydrogen-bond donors (Lipinski definition) is 2. The van der Waals surface area contributed by atoms with E-state index in [9.17, 15) is 0 Å². The first kappa shape index (κ1) is 10.2. The number of hydrogen-bond acceptors (Lipinski definition) is 2. The van der Waals surface area contributed by atoms with Crippen LogP contribution in [-0.4, -0.2) is 6.54 Å². The van der Waals surface area contributed by atoms with Gasteiger partial charge in [-0.1, -0.05) is 6.42 Å². The second-order valence-corrected chi connectivity index (χ2v) is 5.02. The van der Waals surface area contributed by atoms with Crippen molar-refractivity contribution in [3.05, 3.63) is 27.3 Å². The fraction of sp³-hybridized carbons (Fsp3) is 0.455. The van der Waals surface area contributed by atoms with Gasteiger partial charge in [0, 0.05) is 15.3 Å². The van der Waals surface area contributed by atoms with E-state index in [1.165, 1.54) is 28.4 Å². The predicted octanol–water partition coefficient (Wildman–Crippen LogP) is 2.69. The minimum atomic E-state index is 0.471. The van der Waals surface area contributed by atoms with Crippen LogP contribution in [0.1, 0.15) is 30.9 Å². The lowest BCUT2D eigenvalue weighted by atomic mass is 9.96. The summed E-state index contributed by atoms with van der Waals surface area (Å²) in [6.07, 6.45) is 3.81. The van der Waals surface area contributed by atoms with Crippen molar-refractivity contribution in [3.8, 4) is 0 Å². The SMILES string of the molecule is Nc1ccc(I)cc1[C@H]1CCCCN1. The molecule has 14 heavy (non-hydrogen) atoms. The molecule has 1 fully saturated rings. The number of nitrogens with two attached hydrogens (primary N) is 1. The van der Waals surface area contributed by atoms with Gasteiger partial charge in [-0.2, -0.15) is 0 Å². The molecule has 0 aliphatic carbocycles. The summed E-state index contributed by atoms with van der Waals surface area (Å²) in [6, 6.07) is 6.73. The lowest BCUT2D eigenvalue weighted by Crippen LogP contribution is -2.27. The van der Waals surface area contributed by atoms with Gasteiger partial charge in [-0.25, -0.2) is 0 Å². The molecule has 0 radical (unpaired) electrons. The van der Waals surface area contributed by atoms with E-state index in [1.807, 2.05) is 6.07 Å². The summed E-state index contributed by atoms with van der Waals surface area (Å²) in [6.45, 7) is 1.12. The molecule has 3 N–H and O–H groups in total. The molecule has 0 spiro atoms. The highest BCUT2D eigenvalue weighted by molar-refractivity contribution is 14.1. The summed E-state index contributed by atoms with van der Waals surface area (Å²) in [7, 11) is 0. The number of rotatable bonds is 1. The number of nitrogen functional groups attached to an aromatic ring is 1. The van der Waals surface area contributed by atoms with Crippen molar-refractivity contribution >= 4 is 28.3 Å². The molecule has 1 aromatic rings. The predicted molar refractivity (Wildman–Crippen MR) is 68.2 cm³/mol. The van der Waals surface area contributed by atoms with Gasteiger partial charge >= 0.3 is 0 Å². The zero-order valence-electron chi connectivity index (χ0n) is 8.09. The third kappa shape index (κ3) is 2.20. The Morgan fingerprint density at radius 1 is 1.36 bits per heavy atom. The minimum Gasteiger partial charge on any atom is -0.398 e. The summed E-state index contributed by atoms with van der Waals surface area (Å²) in [4.78, 5) is 0. The molecule has 1 atom stereocenters. The first-order valence-corrected chi connectivity index (χ1v) is 6.13. The van der Waals surface area contributed by atoms with Crippen molar-refractivity contribution in [1.82, 2.24) is 5.32 Å². The third-order valence-electron chi connectivity index (χ3n) is 2.73. The number of anilines is 1. The van der Waals surface area contributed by atoms with Crippen molar-refractivity contribution in [3.63, 3.8) is 0 Å². The molecule has 76 valence electrons. The number of piperidine rings is 1. The monoisotopic (exact) mass is 302 g/mol. The van der Waals surface area contributed by atoms with Crippen LogP contribution in [0.25, 0.3) is 0 Å². The Labute approximate surface area is 98.4 Å². The zero-order chi connectivity index (χ0) is 9.97. The van der Waals surface area contributed by atoms with Crippen LogP contribution in [0.3, 0.4) is 0 Å². The van der Waals surface area contributed by atoms with Gasteiger partial charge in [-0.05, 0) is 65.7 Å². The van der Waals surface area contributed by atoms with Crippen LogP contribution < -0.4 is 11.1 Å². The minimum absolute atomic E-state index is 0.471. The van der Waals surface area contributed by atoms with Crippen molar-refractivity contribution in [2.75, 3.05) is 12.3 Å². The fourth-order valence-electron chi connectivity index (χ4n) is 1.96. The van der Waals surface area contributed by atoms with Crippen LogP contribution in [0.5, 0.6) is 0 Å². The van der Waals surface area contributed by atoms with E-state index >= 15 is 0 Å². The Morgan fingerprint density at radius 2 is 2.21 bits per heavy atom. The Bertz CT molecular complexity index is 319. The van der Waals surface area contributed by atoms with Gasteiger partial charge < -0.3 is 11.1 Å². The van der Waals surface area contributed by atoms with Crippen molar-refractivity contribution in [2.45, 2.75) is 25.3 Å². The molecule has 0 saturated carbocycles. The van der Waals surface area contributed by atoms with Crippen LogP contribution in [0.2, 0.25) is 0 Å². The molecule has 1 aliphatic heterocycles. The summed E-state index contributed by atoms with van der Waals surface area (Å²) in [5.41, 5.74) is 8.17. The van der Waals surface area contributed by atoms with Crippen molar-refractivity contribution in [2.24, 2.45) is 0 Å². The summed E-state index contributed by atoms with van der Waals surface area (Å²) >= 11 is 2.33. The van der Waals surface area contributed by atoms with Gasteiger partial charge in [0.2, 0.25) is 0 Å². The van der Waals surface area contributed by atoms with E-state index in [4.69, 9.17) is 5.73 Å². The Balaban J connectivity index is 2.24. The molecule has 3 heteroatoms. The molecule has 0 aromatic heterocycles. The highest BCUT2D eigenvalue weighted by Gasteiger charge is 2.16. The molecular formula is C11H15IN2. The first-order chi connectivity index (χ1) is 6.77. The van der Waals surface area contributed by atoms with E-state index in [-0.39, 0.29) is 0 Å². The van der Waals surface area contributed by atoms with Crippen LogP contribution in [0, 0.1) is 3.57 Å². The average molecular weight is 302 g/mol. The molecule has 0 unspecified atom stereocenters. The van der Waals surface area contributed by atoms with Gasteiger partial charge in [-0.15, -0.1) is 0 Å². The van der Waals surface area contributed by atoms with Crippen LogP contribution >= 0.6 is 22.6 Å². The summed E-state index contributed by atoms with van der Waals surface area (Å²) < 4.78 is 1.26. The number of benzene rings is 1. The van der Waals surface area contributed by atoms with Gasteiger partial charge in [0.1, 0.15) is 0 Å². The zero-order valence-corrected chi connectivity index (χ0v) is 10.3. The van der Waals surface area contributed by atoms with E-state index < -0.39 is 0 Å². The quantitative estimate of drug-likeness (QED) is 0.618. The lowest BCUT2D eigenvalue weighted by molar-refractivity contribution is 0.413. The lowest BCUT2D eigenvalue weighted by Gasteiger charge is -2.25. The normalized spacial score (nSPS) is 22.2. The third-order valence-corrected chi connectivity index (χ3v) is 3.41. The first-order valence-electron chi connectivity index (χ1n) is 5.05. The van der Waals surface area contributed by atoms with Crippen molar-refractivity contribution in [1.29, 1.82) is 0 Å². The molecule has 0 amide bonds. The standard InChI is InChI=1S/C11H15IN2/c12-8-4-5-10(13)9(7-8)11-3-1-2-6-14-11/h4-5,7,11,14H,1-3,6,13H2/t11-/m1/s1. The number of halogens is 1. The van der Waals surface area contributed by atoms with Crippen molar-refractivity contribution < 1.29 is 0 Å². The smallest absolute Gasteiger partial charge is 0.0363 e. The van der Waals surface area contributed by atoms with Gasteiger partial charge in [0.15, 0.2) is 0 Å². The molecule has 2 nitrogen and oxygen atoms in total. The molecule has 1 heterocycles. The average Bonchev–Trinajstić information content (AvgIpc) is 2.23. The largest absolute Gasteiger partial charge is 0.398 e. The molecule has 1 saturated heterocycles. The summed E-state index contributed by atoms with van der Waals surface area (Å²) in [5, 5.41) is 3.52. The molecular weight excluding hydrogens is 287 g/mol. The summed E-state index contributed by atoms with van der Waals surface area (Å²) in [5.74, 6) is 0. The maximum absolute atomic E-state index is 5.98. The second-order valence-electron chi connectivity index (χ2n) is 3.78. The molecule has 2 rings (SSSR count). The van der Waals surface area contributed by atoms with Gasteiger partial charge in [0.25, 0.3) is 0 Å². The van der Waals surface area contributed by atoms with E-state index in [0.29, 0.717) is 6.04 Å². The maximum atomic E-state index is 5.98. The molecule has 1 aromatic carbocycles. The van der Waals surface area contributed by atoms with E-state index in [0.717, 1.165) is 12.2 Å². The van der Waals surface area contributed by atoms with Gasteiger partial charge in [-0.3, -0.25) is 0 Å². The topological polar surface area (TPSA) is 38.0 Å². The highest BCUT2D eigenvalue weighted by atomic mass is 127. The maximum Gasteiger partial charge on any atom is 0.0363 e. The van der Waals surface area contributed by atoms with E-state index in [2.05, 4.69) is 40.0 Å². The molecule has 1 aliphatic rings. The van der Waals surface area contributed by atoms with Crippen LogP contribution in [-0.2, 0) is 0 Å². The highest BCUT2D eigenvalue weighted by Crippen LogP contribution is 2.28. The number of nitrogens with one attached hydrogen (secondary N) is 1. The van der Waals surface area contributed by atoms with Gasteiger partial charge in [0.05, 0.1) is 0 Å². The second kappa shape index (κ2) is 4.49. The van der Waals surface area contributed by atoms with Crippen LogP contribution in [0.4, 0.5) is 5.69 Å². The Morgan fingerprint density at radius 3 is 2.93 bits per heavy atom.